The Hall–Kier alpha value is -1.34. The van der Waals surface area contributed by atoms with Gasteiger partial charge >= 0.3 is 0 Å². The summed E-state index contributed by atoms with van der Waals surface area (Å²) in [6.45, 7) is 0.525. The van der Waals surface area contributed by atoms with Crippen molar-refractivity contribution in [2.45, 2.75) is 50.6 Å². The average Bonchev–Trinajstić information content (AvgIpc) is 2.70. The molecular formula is C14H21N3O. The van der Waals surface area contributed by atoms with Crippen molar-refractivity contribution >= 4 is 5.91 Å². The second-order valence-electron chi connectivity index (χ2n) is 5.27. The molecule has 18 heavy (non-hydrogen) atoms. The number of rotatable bonds is 2. The van der Waals surface area contributed by atoms with Crippen molar-refractivity contribution in [3.8, 4) is 6.07 Å². The monoisotopic (exact) mass is 247 g/mol. The summed E-state index contributed by atoms with van der Waals surface area (Å²) in [5, 5.41) is 8.99. The van der Waals surface area contributed by atoms with Crippen molar-refractivity contribution in [3.63, 3.8) is 0 Å². The smallest absolute Gasteiger partial charge is 0.241 e. The highest BCUT2D eigenvalue weighted by atomic mass is 16.2. The van der Waals surface area contributed by atoms with Crippen LogP contribution in [0.15, 0.2) is 12.2 Å². The summed E-state index contributed by atoms with van der Waals surface area (Å²) in [5.74, 6) is 0.235. The minimum atomic E-state index is -0.432. The Kier molecular flexibility index (Phi) is 4.38. The first-order chi connectivity index (χ1) is 8.74. The van der Waals surface area contributed by atoms with Crippen LogP contribution < -0.4 is 5.73 Å². The van der Waals surface area contributed by atoms with Crippen molar-refractivity contribution in [2.75, 3.05) is 6.54 Å². The zero-order valence-electron chi connectivity index (χ0n) is 10.7. The van der Waals surface area contributed by atoms with Gasteiger partial charge in [0.15, 0.2) is 0 Å². The number of amides is 1. The molecule has 0 aromatic carbocycles. The van der Waals surface area contributed by atoms with E-state index in [2.05, 4.69) is 6.07 Å². The van der Waals surface area contributed by atoms with Gasteiger partial charge in [-0.1, -0.05) is 31.8 Å². The average molecular weight is 247 g/mol. The summed E-state index contributed by atoms with van der Waals surface area (Å²) in [7, 11) is 0. The standard InChI is InChI=1S/C14H21N3O/c15-10-12-8-5-9-17(12)14(18)13(16)11-6-3-1-2-4-7-11/h5,8,11-13H,1-4,6-7,9,16H2. The number of carbonyl (C=O) groups is 1. The molecule has 0 radical (unpaired) electrons. The van der Waals surface area contributed by atoms with Gasteiger partial charge in [-0.25, -0.2) is 0 Å². The zero-order chi connectivity index (χ0) is 13.0. The molecule has 1 aliphatic heterocycles. The second-order valence-corrected chi connectivity index (χ2v) is 5.27. The van der Waals surface area contributed by atoms with E-state index in [9.17, 15) is 4.79 Å². The third-order valence-electron chi connectivity index (χ3n) is 4.06. The normalized spacial score (nSPS) is 26.7. The molecule has 2 N–H and O–H groups in total. The Morgan fingerprint density at radius 1 is 1.33 bits per heavy atom. The van der Waals surface area contributed by atoms with Gasteiger partial charge in [0.1, 0.15) is 6.04 Å². The molecule has 1 aliphatic carbocycles. The molecule has 0 aromatic rings. The lowest BCUT2D eigenvalue weighted by molar-refractivity contribution is -0.133. The van der Waals surface area contributed by atoms with E-state index in [-0.39, 0.29) is 5.91 Å². The van der Waals surface area contributed by atoms with Crippen LogP contribution in [0.4, 0.5) is 0 Å². The molecule has 2 atom stereocenters. The van der Waals surface area contributed by atoms with Gasteiger partial charge < -0.3 is 10.6 Å². The van der Waals surface area contributed by atoms with Crippen LogP contribution in [0.3, 0.4) is 0 Å². The van der Waals surface area contributed by atoms with Gasteiger partial charge in [-0.3, -0.25) is 4.79 Å². The van der Waals surface area contributed by atoms with Crippen LogP contribution in [0.1, 0.15) is 38.5 Å². The van der Waals surface area contributed by atoms with E-state index in [0.29, 0.717) is 12.5 Å². The minimum absolute atomic E-state index is 0.0570. The molecule has 98 valence electrons. The molecule has 4 nitrogen and oxygen atoms in total. The maximum absolute atomic E-state index is 12.3. The maximum atomic E-state index is 12.3. The Morgan fingerprint density at radius 2 is 2.00 bits per heavy atom. The van der Waals surface area contributed by atoms with E-state index in [1.807, 2.05) is 6.08 Å². The van der Waals surface area contributed by atoms with Crippen molar-refractivity contribution < 1.29 is 4.79 Å². The largest absolute Gasteiger partial charge is 0.320 e. The molecule has 4 heteroatoms. The Morgan fingerprint density at radius 3 is 2.61 bits per heavy atom. The molecule has 1 saturated carbocycles. The Labute approximate surface area is 108 Å². The number of carbonyl (C=O) groups excluding carboxylic acids is 1. The summed E-state index contributed by atoms with van der Waals surface area (Å²) in [4.78, 5) is 13.9. The Balaban J connectivity index is 1.97. The summed E-state index contributed by atoms with van der Waals surface area (Å²) in [5.41, 5.74) is 6.13. The van der Waals surface area contributed by atoms with Crippen LogP contribution in [0.5, 0.6) is 0 Å². The highest BCUT2D eigenvalue weighted by Gasteiger charge is 2.32. The lowest BCUT2D eigenvalue weighted by atomic mass is 9.91. The molecule has 2 aliphatic rings. The third-order valence-corrected chi connectivity index (χ3v) is 4.06. The van der Waals surface area contributed by atoms with E-state index in [4.69, 9.17) is 11.0 Å². The summed E-state index contributed by atoms with van der Waals surface area (Å²) < 4.78 is 0. The molecule has 2 rings (SSSR count). The second kappa shape index (κ2) is 6.01. The van der Waals surface area contributed by atoms with E-state index < -0.39 is 12.1 Å². The van der Waals surface area contributed by atoms with Crippen molar-refractivity contribution in [2.24, 2.45) is 11.7 Å². The fourth-order valence-electron chi connectivity index (χ4n) is 2.92. The molecule has 0 saturated heterocycles. The van der Waals surface area contributed by atoms with Crippen LogP contribution in [0.2, 0.25) is 0 Å². The van der Waals surface area contributed by atoms with Crippen molar-refractivity contribution in [3.05, 3.63) is 12.2 Å². The first-order valence-corrected chi connectivity index (χ1v) is 6.86. The van der Waals surface area contributed by atoms with Gasteiger partial charge in [0, 0.05) is 6.54 Å². The predicted octanol–water partition coefficient (Wildman–Crippen LogP) is 1.57. The summed E-state index contributed by atoms with van der Waals surface area (Å²) in [6, 6.07) is 1.27. The maximum Gasteiger partial charge on any atom is 0.241 e. The van der Waals surface area contributed by atoms with E-state index in [0.717, 1.165) is 12.8 Å². The number of hydrogen-bond donors (Lipinski definition) is 1. The van der Waals surface area contributed by atoms with Crippen LogP contribution >= 0.6 is 0 Å². The molecule has 0 bridgehead atoms. The number of nitriles is 1. The quantitative estimate of drug-likeness (QED) is 0.595. The molecule has 1 fully saturated rings. The third kappa shape index (κ3) is 2.73. The van der Waals surface area contributed by atoms with Gasteiger partial charge in [0.05, 0.1) is 12.1 Å². The van der Waals surface area contributed by atoms with Crippen LogP contribution in [-0.2, 0) is 4.79 Å². The van der Waals surface area contributed by atoms with E-state index in [1.165, 1.54) is 25.7 Å². The molecule has 1 amide bonds. The topological polar surface area (TPSA) is 70.1 Å². The fourth-order valence-corrected chi connectivity index (χ4v) is 2.92. The van der Waals surface area contributed by atoms with Gasteiger partial charge in [0.25, 0.3) is 0 Å². The van der Waals surface area contributed by atoms with Crippen molar-refractivity contribution in [1.82, 2.24) is 4.90 Å². The van der Waals surface area contributed by atoms with Crippen molar-refractivity contribution in [1.29, 1.82) is 5.26 Å². The fraction of sp³-hybridized carbons (Fsp3) is 0.714. The van der Waals surface area contributed by atoms with E-state index >= 15 is 0 Å². The number of hydrogen-bond acceptors (Lipinski definition) is 3. The van der Waals surface area contributed by atoms with Crippen LogP contribution in [0, 0.1) is 17.2 Å². The van der Waals surface area contributed by atoms with Crippen LogP contribution in [0.25, 0.3) is 0 Å². The molecule has 2 unspecified atom stereocenters. The first-order valence-electron chi connectivity index (χ1n) is 6.86. The minimum Gasteiger partial charge on any atom is -0.320 e. The van der Waals surface area contributed by atoms with Gasteiger partial charge in [0.2, 0.25) is 5.91 Å². The zero-order valence-corrected chi connectivity index (χ0v) is 10.7. The molecular weight excluding hydrogens is 226 g/mol. The van der Waals surface area contributed by atoms with Gasteiger partial charge in [-0.15, -0.1) is 0 Å². The summed E-state index contributed by atoms with van der Waals surface area (Å²) >= 11 is 0. The van der Waals surface area contributed by atoms with Gasteiger partial charge in [-0.2, -0.15) is 5.26 Å². The van der Waals surface area contributed by atoms with Crippen LogP contribution in [-0.4, -0.2) is 29.4 Å². The highest BCUT2D eigenvalue weighted by Crippen LogP contribution is 2.26. The lowest BCUT2D eigenvalue weighted by Crippen LogP contribution is -2.49. The van der Waals surface area contributed by atoms with Gasteiger partial charge in [-0.05, 0) is 24.8 Å². The summed E-state index contributed by atoms with van der Waals surface area (Å²) in [6.07, 6.45) is 10.6. The SMILES string of the molecule is N#CC1C=CCN1C(=O)C(N)C1CCCCCC1. The highest BCUT2D eigenvalue weighted by molar-refractivity contribution is 5.83. The first kappa shape index (κ1) is 13.1. The number of nitrogens with zero attached hydrogens (tertiary/aromatic N) is 2. The predicted molar refractivity (Wildman–Crippen MR) is 69.4 cm³/mol. The molecule has 0 spiro atoms. The lowest BCUT2D eigenvalue weighted by Gasteiger charge is -2.28. The molecule has 1 heterocycles. The molecule has 0 aromatic heterocycles. The Bertz CT molecular complexity index is 364. The number of nitrogens with two attached hydrogens (primary N) is 1. The van der Waals surface area contributed by atoms with E-state index in [1.54, 1.807) is 11.0 Å².